The molecule has 160 valence electrons. The van der Waals surface area contributed by atoms with Crippen molar-refractivity contribution < 1.29 is 24.0 Å². The molecule has 0 aliphatic carbocycles. The zero-order valence-electron chi connectivity index (χ0n) is 17.2. The van der Waals surface area contributed by atoms with Crippen LogP contribution in [0.2, 0.25) is 0 Å². The number of non-ortho nitro benzene ring substituents is 1. The molecule has 2 aromatic carbocycles. The average molecular weight is 415 g/mol. The Hall–Kier alpha value is -3.46. The Morgan fingerprint density at radius 3 is 2.60 bits per heavy atom. The maximum absolute atomic E-state index is 12.5. The van der Waals surface area contributed by atoms with Crippen LogP contribution >= 0.6 is 0 Å². The number of nitro groups is 1. The SMILES string of the molecule is COCCNc1ccc([N+](=O)[O-])cc1C(=O)OCC(=O)N(C)Cc1ccccc1C. The number of nitrogens with zero attached hydrogens (tertiary/aromatic N) is 2. The number of carbonyl (C=O) groups excluding carboxylic acids is 2. The van der Waals surface area contributed by atoms with Gasteiger partial charge in [-0.2, -0.15) is 0 Å². The monoisotopic (exact) mass is 415 g/mol. The van der Waals surface area contributed by atoms with E-state index in [-0.39, 0.29) is 17.2 Å². The first-order valence-electron chi connectivity index (χ1n) is 9.30. The van der Waals surface area contributed by atoms with Gasteiger partial charge in [0.2, 0.25) is 0 Å². The smallest absolute Gasteiger partial charge is 0.341 e. The molecule has 2 rings (SSSR count). The van der Waals surface area contributed by atoms with Crippen LogP contribution in [-0.2, 0) is 20.8 Å². The van der Waals surface area contributed by atoms with Gasteiger partial charge in [-0.3, -0.25) is 14.9 Å². The number of benzene rings is 2. The summed E-state index contributed by atoms with van der Waals surface area (Å²) in [5.41, 5.74) is 2.14. The van der Waals surface area contributed by atoms with Crippen LogP contribution < -0.4 is 5.32 Å². The zero-order valence-corrected chi connectivity index (χ0v) is 17.2. The predicted molar refractivity (Wildman–Crippen MR) is 111 cm³/mol. The number of amides is 1. The van der Waals surface area contributed by atoms with E-state index in [4.69, 9.17) is 9.47 Å². The van der Waals surface area contributed by atoms with E-state index in [1.807, 2.05) is 31.2 Å². The summed E-state index contributed by atoms with van der Waals surface area (Å²) in [5, 5.41) is 14.0. The van der Waals surface area contributed by atoms with Crippen molar-refractivity contribution in [3.8, 4) is 0 Å². The van der Waals surface area contributed by atoms with Crippen LogP contribution in [0.1, 0.15) is 21.5 Å². The largest absolute Gasteiger partial charge is 0.452 e. The number of ether oxygens (including phenoxy) is 2. The highest BCUT2D eigenvalue weighted by molar-refractivity contribution is 5.97. The van der Waals surface area contributed by atoms with Gasteiger partial charge < -0.3 is 19.7 Å². The number of carbonyl (C=O) groups is 2. The Balaban J connectivity index is 2.04. The van der Waals surface area contributed by atoms with Gasteiger partial charge in [-0.25, -0.2) is 4.79 Å². The van der Waals surface area contributed by atoms with Crippen LogP contribution in [0.25, 0.3) is 0 Å². The maximum atomic E-state index is 12.5. The Labute approximate surface area is 174 Å². The van der Waals surface area contributed by atoms with Gasteiger partial charge >= 0.3 is 5.97 Å². The fourth-order valence-corrected chi connectivity index (χ4v) is 2.70. The summed E-state index contributed by atoms with van der Waals surface area (Å²) in [7, 11) is 3.15. The van der Waals surface area contributed by atoms with Crippen molar-refractivity contribution in [3.63, 3.8) is 0 Å². The number of hydrogen-bond acceptors (Lipinski definition) is 7. The molecule has 0 aromatic heterocycles. The number of likely N-dealkylation sites (N-methyl/N-ethyl adjacent to an activating group) is 1. The molecule has 0 radical (unpaired) electrons. The Kier molecular flexibility index (Phi) is 8.30. The van der Waals surface area contributed by atoms with Crippen LogP contribution in [0.5, 0.6) is 0 Å². The number of methoxy groups -OCH3 is 1. The molecule has 0 saturated carbocycles. The second-order valence-electron chi connectivity index (χ2n) is 6.66. The fraction of sp³-hybridized carbons (Fsp3) is 0.333. The molecule has 0 saturated heterocycles. The van der Waals surface area contributed by atoms with E-state index in [2.05, 4.69) is 5.32 Å². The summed E-state index contributed by atoms with van der Waals surface area (Å²) in [4.78, 5) is 36.8. The molecule has 9 heteroatoms. The first-order chi connectivity index (χ1) is 14.3. The topological polar surface area (TPSA) is 111 Å². The van der Waals surface area contributed by atoms with Crippen molar-refractivity contribution in [1.82, 2.24) is 4.90 Å². The van der Waals surface area contributed by atoms with Gasteiger partial charge in [0.1, 0.15) is 0 Å². The Morgan fingerprint density at radius 2 is 1.93 bits per heavy atom. The van der Waals surface area contributed by atoms with Gasteiger partial charge in [-0.15, -0.1) is 0 Å². The lowest BCUT2D eigenvalue weighted by atomic mass is 10.1. The van der Waals surface area contributed by atoms with Crippen LogP contribution in [-0.4, -0.2) is 55.6 Å². The number of esters is 1. The number of hydrogen-bond donors (Lipinski definition) is 1. The van der Waals surface area contributed by atoms with E-state index >= 15 is 0 Å². The van der Waals surface area contributed by atoms with E-state index in [0.717, 1.165) is 17.2 Å². The third-order valence-corrected chi connectivity index (χ3v) is 4.48. The molecule has 0 unspecified atom stereocenters. The minimum Gasteiger partial charge on any atom is -0.452 e. The second kappa shape index (κ2) is 10.9. The Bertz CT molecular complexity index is 915. The molecule has 1 N–H and O–H groups in total. The van der Waals surface area contributed by atoms with Gasteiger partial charge in [0.15, 0.2) is 6.61 Å². The molecule has 0 aliphatic rings. The van der Waals surface area contributed by atoms with E-state index in [1.54, 1.807) is 7.05 Å². The summed E-state index contributed by atoms with van der Waals surface area (Å²) >= 11 is 0. The standard InChI is InChI=1S/C21H25N3O6/c1-15-6-4-5-7-16(15)13-23(2)20(25)14-30-21(26)18-12-17(24(27)28)8-9-19(18)22-10-11-29-3/h4-9,12,22H,10-11,13-14H2,1-3H3. The van der Waals surface area contributed by atoms with Crippen LogP contribution in [0, 0.1) is 17.0 Å². The van der Waals surface area contributed by atoms with Crippen molar-refractivity contribution >= 4 is 23.3 Å². The highest BCUT2D eigenvalue weighted by Gasteiger charge is 2.20. The minimum atomic E-state index is -0.823. The second-order valence-corrected chi connectivity index (χ2v) is 6.66. The lowest BCUT2D eigenvalue weighted by molar-refractivity contribution is -0.384. The molecule has 2 aromatic rings. The minimum absolute atomic E-state index is 0.0188. The van der Waals surface area contributed by atoms with E-state index in [9.17, 15) is 19.7 Å². The number of nitro benzene ring substituents is 1. The maximum Gasteiger partial charge on any atom is 0.341 e. The molecule has 0 fully saturated rings. The summed E-state index contributed by atoms with van der Waals surface area (Å²) in [6.07, 6.45) is 0. The van der Waals surface area contributed by atoms with E-state index in [1.165, 1.54) is 24.1 Å². The highest BCUT2D eigenvalue weighted by atomic mass is 16.6. The van der Waals surface area contributed by atoms with Gasteiger partial charge in [-0.1, -0.05) is 24.3 Å². The van der Waals surface area contributed by atoms with Gasteiger partial charge in [0.25, 0.3) is 11.6 Å². The van der Waals surface area contributed by atoms with Gasteiger partial charge in [-0.05, 0) is 24.1 Å². The van der Waals surface area contributed by atoms with Crippen molar-refractivity contribution in [1.29, 1.82) is 0 Å². The lowest BCUT2D eigenvalue weighted by Gasteiger charge is -2.18. The van der Waals surface area contributed by atoms with Crippen LogP contribution in [0.3, 0.4) is 0 Å². The summed E-state index contributed by atoms with van der Waals surface area (Å²) < 4.78 is 10.1. The lowest BCUT2D eigenvalue weighted by Crippen LogP contribution is -2.31. The quantitative estimate of drug-likeness (QED) is 0.275. The summed E-state index contributed by atoms with van der Waals surface area (Å²) in [6, 6.07) is 11.5. The normalized spacial score (nSPS) is 10.4. The van der Waals surface area contributed by atoms with E-state index < -0.39 is 17.5 Å². The molecule has 0 aliphatic heterocycles. The van der Waals surface area contributed by atoms with Crippen LogP contribution in [0.4, 0.5) is 11.4 Å². The molecule has 9 nitrogen and oxygen atoms in total. The number of rotatable bonds is 10. The van der Waals surface area contributed by atoms with Crippen molar-refractivity contribution in [2.24, 2.45) is 0 Å². The fourth-order valence-electron chi connectivity index (χ4n) is 2.70. The molecule has 1 amide bonds. The average Bonchev–Trinajstić information content (AvgIpc) is 2.73. The van der Waals surface area contributed by atoms with Gasteiger partial charge in [0.05, 0.1) is 17.1 Å². The van der Waals surface area contributed by atoms with Crippen molar-refractivity contribution in [2.75, 3.05) is 39.2 Å². The summed E-state index contributed by atoms with van der Waals surface area (Å²) in [6.45, 7) is 2.64. The van der Waals surface area contributed by atoms with Crippen molar-refractivity contribution in [2.45, 2.75) is 13.5 Å². The first kappa shape index (κ1) is 22.8. The third kappa shape index (κ3) is 6.28. The zero-order chi connectivity index (χ0) is 22.1. The number of nitrogens with one attached hydrogen (secondary N) is 1. The molecule has 0 atom stereocenters. The Morgan fingerprint density at radius 1 is 1.20 bits per heavy atom. The highest BCUT2D eigenvalue weighted by Crippen LogP contribution is 2.23. The van der Waals surface area contributed by atoms with Crippen LogP contribution in [0.15, 0.2) is 42.5 Å². The number of aryl methyl sites for hydroxylation is 1. The van der Waals surface area contributed by atoms with Gasteiger partial charge in [0, 0.05) is 45.1 Å². The van der Waals surface area contributed by atoms with E-state index in [0.29, 0.717) is 25.4 Å². The molecule has 30 heavy (non-hydrogen) atoms. The molecular weight excluding hydrogens is 390 g/mol. The van der Waals surface area contributed by atoms with Crippen molar-refractivity contribution in [3.05, 3.63) is 69.3 Å². The predicted octanol–water partition coefficient (Wildman–Crippen LogP) is 2.78. The first-order valence-corrected chi connectivity index (χ1v) is 9.30. The molecule has 0 spiro atoms. The molecule has 0 heterocycles. The third-order valence-electron chi connectivity index (χ3n) is 4.48. The number of anilines is 1. The molecule has 0 bridgehead atoms. The molecular formula is C21H25N3O6. The summed E-state index contributed by atoms with van der Waals surface area (Å²) in [5.74, 6) is -1.21.